The maximum Gasteiger partial charge on any atom is 0.270 e. The molecule has 3 aromatic carbocycles. The number of hydrogen-bond acceptors (Lipinski definition) is 7. The number of rotatable bonds is 9. The topological polar surface area (TPSA) is 112 Å². The Kier molecular flexibility index (Phi) is 8.20. The molecule has 9 nitrogen and oxygen atoms in total. The molecule has 11 heteroatoms. The number of methoxy groups -OCH3 is 1. The summed E-state index contributed by atoms with van der Waals surface area (Å²) in [5.41, 5.74) is 2.75. The van der Waals surface area contributed by atoms with Crippen molar-refractivity contribution >= 4 is 51.9 Å². The number of thioether (sulfide) groups is 1. The van der Waals surface area contributed by atoms with E-state index < -0.39 is 11.9 Å². The summed E-state index contributed by atoms with van der Waals surface area (Å²) in [6.07, 6.45) is 0.334. The molecule has 2 heterocycles. The SMILES string of the molecule is COc1ccc(CNC(=O)CCC2C(=O)N=C3c4ccccc4N=C(SCC(=O)Nc4ccc(F)cc4)N32)cc1. The van der Waals surface area contributed by atoms with Crippen LogP contribution in [0, 0.1) is 5.82 Å². The summed E-state index contributed by atoms with van der Waals surface area (Å²) in [6, 6.07) is 19.5. The molecule has 0 fully saturated rings. The van der Waals surface area contributed by atoms with Crippen LogP contribution in [0.15, 0.2) is 82.8 Å². The number of amidine groups is 2. The molecule has 3 amide bonds. The molecule has 0 aliphatic carbocycles. The molecule has 3 aromatic rings. The third-order valence-corrected chi connectivity index (χ3v) is 7.31. The van der Waals surface area contributed by atoms with E-state index in [-0.39, 0.29) is 36.3 Å². The zero-order valence-corrected chi connectivity index (χ0v) is 22.4. The predicted molar refractivity (Wildman–Crippen MR) is 152 cm³/mol. The van der Waals surface area contributed by atoms with Crippen LogP contribution in [0.3, 0.4) is 0 Å². The Bertz CT molecular complexity index is 1490. The van der Waals surface area contributed by atoms with Gasteiger partial charge in [0.25, 0.3) is 5.91 Å². The number of nitrogens with one attached hydrogen (secondary N) is 2. The normalized spacial score (nSPS) is 15.5. The first-order valence-electron chi connectivity index (χ1n) is 12.6. The lowest BCUT2D eigenvalue weighted by molar-refractivity contribution is -0.122. The summed E-state index contributed by atoms with van der Waals surface area (Å²) in [5, 5.41) is 6.05. The summed E-state index contributed by atoms with van der Waals surface area (Å²) in [6.45, 7) is 0.353. The summed E-state index contributed by atoms with van der Waals surface area (Å²) in [5.74, 6) is -0.0632. The maximum absolute atomic E-state index is 13.2. The number of para-hydroxylation sites is 1. The number of carbonyl (C=O) groups is 3. The number of benzene rings is 3. The van der Waals surface area contributed by atoms with Crippen LogP contribution in [-0.4, -0.2) is 52.5 Å². The van der Waals surface area contributed by atoms with Crippen LogP contribution in [0.25, 0.3) is 0 Å². The first-order valence-corrected chi connectivity index (χ1v) is 13.6. The van der Waals surface area contributed by atoms with Crippen LogP contribution in [0.4, 0.5) is 15.8 Å². The Labute approximate surface area is 234 Å². The van der Waals surface area contributed by atoms with Crippen molar-refractivity contribution in [1.82, 2.24) is 10.2 Å². The number of halogens is 1. The van der Waals surface area contributed by atoms with E-state index in [1.54, 1.807) is 12.0 Å². The minimum atomic E-state index is -0.721. The smallest absolute Gasteiger partial charge is 0.270 e. The van der Waals surface area contributed by atoms with Crippen molar-refractivity contribution in [2.24, 2.45) is 9.98 Å². The zero-order chi connectivity index (χ0) is 28.1. The molecule has 0 bridgehead atoms. The van der Waals surface area contributed by atoms with E-state index >= 15 is 0 Å². The summed E-state index contributed by atoms with van der Waals surface area (Å²) < 4.78 is 18.3. The highest BCUT2D eigenvalue weighted by Gasteiger charge is 2.41. The van der Waals surface area contributed by atoms with E-state index in [1.807, 2.05) is 48.5 Å². The van der Waals surface area contributed by atoms with E-state index in [9.17, 15) is 18.8 Å². The van der Waals surface area contributed by atoms with Gasteiger partial charge >= 0.3 is 0 Å². The maximum atomic E-state index is 13.2. The van der Waals surface area contributed by atoms with E-state index in [2.05, 4.69) is 15.6 Å². The van der Waals surface area contributed by atoms with Crippen molar-refractivity contribution in [3.05, 3.63) is 89.7 Å². The lowest BCUT2D eigenvalue weighted by Gasteiger charge is -2.31. The Morgan fingerprint density at radius 2 is 1.75 bits per heavy atom. The Morgan fingerprint density at radius 3 is 2.50 bits per heavy atom. The number of nitrogens with zero attached hydrogens (tertiary/aromatic N) is 3. The summed E-state index contributed by atoms with van der Waals surface area (Å²) in [7, 11) is 1.59. The molecular weight excluding hydrogens is 533 g/mol. The molecule has 1 unspecified atom stereocenters. The first kappa shape index (κ1) is 27.1. The molecule has 0 radical (unpaired) electrons. The van der Waals surface area contributed by atoms with Crippen LogP contribution in [0.1, 0.15) is 24.0 Å². The standard InChI is InChI=1S/C29H26FN5O4S/c1-39-21-12-6-18(7-13-21)16-31-25(36)15-14-24-28(38)34-27-22-4-2-3-5-23(22)33-29(35(24)27)40-17-26(37)32-20-10-8-19(30)9-11-20/h2-13,24H,14-17H2,1H3,(H,31,36)(H,32,37). The lowest BCUT2D eigenvalue weighted by Crippen LogP contribution is -2.44. The fourth-order valence-electron chi connectivity index (χ4n) is 4.34. The molecular formula is C29H26FN5O4S. The van der Waals surface area contributed by atoms with E-state index in [4.69, 9.17) is 9.73 Å². The van der Waals surface area contributed by atoms with Gasteiger partial charge in [0.1, 0.15) is 23.4 Å². The van der Waals surface area contributed by atoms with Crippen LogP contribution in [0.2, 0.25) is 0 Å². The van der Waals surface area contributed by atoms with E-state index in [0.717, 1.165) is 23.1 Å². The molecule has 204 valence electrons. The van der Waals surface area contributed by atoms with E-state index in [0.29, 0.717) is 34.5 Å². The fourth-order valence-corrected chi connectivity index (χ4v) is 5.18. The van der Waals surface area contributed by atoms with Gasteiger partial charge in [-0.15, -0.1) is 0 Å². The molecule has 1 atom stereocenters. The van der Waals surface area contributed by atoms with Crippen molar-refractivity contribution in [2.75, 3.05) is 18.2 Å². The number of aliphatic imine (C=N–C) groups is 2. The minimum Gasteiger partial charge on any atom is -0.497 e. The van der Waals surface area contributed by atoms with Gasteiger partial charge in [-0.05, 0) is 60.5 Å². The molecule has 2 N–H and O–H groups in total. The van der Waals surface area contributed by atoms with Crippen molar-refractivity contribution < 1.29 is 23.5 Å². The molecule has 2 aliphatic heterocycles. The van der Waals surface area contributed by atoms with Crippen LogP contribution in [0.5, 0.6) is 5.75 Å². The number of fused-ring (bicyclic) bond motifs is 3. The van der Waals surface area contributed by atoms with Crippen molar-refractivity contribution in [3.63, 3.8) is 0 Å². The minimum absolute atomic E-state index is 0.00537. The zero-order valence-electron chi connectivity index (χ0n) is 21.6. The van der Waals surface area contributed by atoms with Gasteiger partial charge in [-0.2, -0.15) is 4.99 Å². The average molecular weight is 560 g/mol. The van der Waals surface area contributed by atoms with Gasteiger partial charge in [-0.1, -0.05) is 36.0 Å². The number of amides is 3. The van der Waals surface area contributed by atoms with Gasteiger partial charge in [0, 0.05) is 24.2 Å². The lowest BCUT2D eigenvalue weighted by atomic mass is 10.1. The molecule has 0 saturated heterocycles. The Hall–Kier alpha value is -4.51. The van der Waals surface area contributed by atoms with Gasteiger partial charge in [0.15, 0.2) is 5.17 Å². The first-order chi connectivity index (χ1) is 19.4. The molecule has 5 rings (SSSR count). The molecule has 40 heavy (non-hydrogen) atoms. The van der Waals surface area contributed by atoms with Crippen molar-refractivity contribution in [3.8, 4) is 5.75 Å². The highest BCUT2D eigenvalue weighted by atomic mass is 32.2. The second-order valence-electron chi connectivity index (χ2n) is 9.08. The number of carbonyl (C=O) groups excluding carboxylic acids is 3. The molecule has 0 saturated carbocycles. The van der Waals surface area contributed by atoms with Gasteiger partial charge in [0.2, 0.25) is 11.8 Å². The quantitative estimate of drug-likeness (QED) is 0.405. The predicted octanol–water partition coefficient (Wildman–Crippen LogP) is 4.26. The number of hydrogen-bond donors (Lipinski definition) is 2. The highest BCUT2D eigenvalue weighted by molar-refractivity contribution is 8.14. The Balaban J connectivity index is 1.24. The largest absolute Gasteiger partial charge is 0.497 e. The molecule has 0 aromatic heterocycles. The molecule has 2 aliphatic rings. The second-order valence-corrected chi connectivity index (χ2v) is 10.0. The Morgan fingerprint density at radius 1 is 1.00 bits per heavy atom. The van der Waals surface area contributed by atoms with Crippen molar-refractivity contribution in [2.45, 2.75) is 25.4 Å². The third-order valence-electron chi connectivity index (χ3n) is 6.36. The van der Waals surface area contributed by atoms with Crippen LogP contribution in [-0.2, 0) is 20.9 Å². The van der Waals surface area contributed by atoms with Gasteiger partial charge in [0.05, 0.1) is 18.6 Å². The van der Waals surface area contributed by atoms with E-state index in [1.165, 1.54) is 24.3 Å². The van der Waals surface area contributed by atoms with Crippen LogP contribution >= 0.6 is 11.8 Å². The average Bonchev–Trinajstić information content (AvgIpc) is 3.31. The highest BCUT2D eigenvalue weighted by Crippen LogP contribution is 2.35. The van der Waals surface area contributed by atoms with Gasteiger partial charge < -0.3 is 15.4 Å². The van der Waals surface area contributed by atoms with Crippen LogP contribution < -0.4 is 15.4 Å². The van der Waals surface area contributed by atoms with Gasteiger partial charge in [-0.3, -0.25) is 19.3 Å². The number of ether oxygens (including phenoxy) is 1. The third kappa shape index (κ3) is 6.20. The number of anilines is 1. The second kappa shape index (κ2) is 12.1. The summed E-state index contributed by atoms with van der Waals surface area (Å²) >= 11 is 1.16. The fraction of sp³-hybridized carbons (Fsp3) is 0.207. The van der Waals surface area contributed by atoms with Gasteiger partial charge in [-0.25, -0.2) is 9.38 Å². The molecule has 0 spiro atoms. The van der Waals surface area contributed by atoms with Crippen molar-refractivity contribution in [1.29, 1.82) is 0 Å². The monoisotopic (exact) mass is 559 g/mol. The summed E-state index contributed by atoms with van der Waals surface area (Å²) in [4.78, 5) is 49.0.